The number of aromatic amines is 1. The molecule has 0 aliphatic heterocycles. The molecule has 1 aromatic heterocycles. The topological polar surface area (TPSA) is 102 Å². The van der Waals surface area contributed by atoms with E-state index in [1.165, 1.54) is 0 Å². The van der Waals surface area contributed by atoms with Crippen molar-refractivity contribution in [2.45, 2.75) is 0 Å². The van der Waals surface area contributed by atoms with Gasteiger partial charge in [-0.1, -0.05) is 53.5 Å². The van der Waals surface area contributed by atoms with E-state index in [-0.39, 0.29) is 11.2 Å². The van der Waals surface area contributed by atoms with E-state index in [2.05, 4.69) is 20.7 Å². The summed E-state index contributed by atoms with van der Waals surface area (Å²) in [4.78, 5) is 12.1. The molecule has 8 heteroatoms. The second-order valence-corrected chi connectivity index (χ2v) is 5.74. The van der Waals surface area contributed by atoms with Gasteiger partial charge in [0, 0.05) is 10.6 Å². The van der Waals surface area contributed by atoms with Gasteiger partial charge >= 0.3 is 0 Å². The van der Waals surface area contributed by atoms with Crippen LogP contribution in [0.5, 0.6) is 0 Å². The normalized spacial score (nSPS) is 10.5. The Balaban J connectivity index is 0.00000225. The predicted molar refractivity (Wildman–Crippen MR) is 99.2 cm³/mol. The third kappa shape index (κ3) is 4.67. The van der Waals surface area contributed by atoms with Crippen LogP contribution in [0.15, 0.2) is 59.7 Å². The quantitative estimate of drug-likeness (QED) is 0.538. The molecule has 4 N–H and O–H groups in total. The minimum absolute atomic E-state index is 0. The van der Waals surface area contributed by atoms with Crippen molar-refractivity contribution in [2.24, 2.45) is 5.10 Å². The average molecular weight is 377 g/mol. The van der Waals surface area contributed by atoms with Gasteiger partial charge < -0.3 is 5.48 Å². The second kappa shape index (κ2) is 8.43. The van der Waals surface area contributed by atoms with Crippen LogP contribution < -0.4 is 5.43 Å². The molecule has 0 saturated carbocycles. The number of carbonyl (C=O) groups is 1. The van der Waals surface area contributed by atoms with Crippen molar-refractivity contribution in [3.8, 4) is 11.3 Å². The van der Waals surface area contributed by atoms with Crippen LogP contribution in [0.2, 0.25) is 10.0 Å². The summed E-state index contributed by atoms with van der Waals surface area (Å²) >= 11 is 12.0. The lowest BCUT2D eigenvalue weighted by atomic mass is 10.1. The zero-order valence-corrected chi connectivity index (χ0v) is 14.3. The number of benzene rings is 2. The highest BCUT2D eigenvalue weighted by molar-refractivity contribution is 6.36. The zero-order valence-electron chi connectivity index (χ0n) is 12.8. The van der Waals surface area contributed by atoms with E-state index in [1.54, 1.807) is 30.5 Å². The fourth-order valence-corrected chi connectivity index (χ4v) is 2.54. The number of aromatic nitrogens is 2. The number of hydrazone groups is 1. The molecule has 0 radical (unpaired) electrons. The average Bonchev–Trinajstić information content (AvgIpc) is 3.05. The number of carbonyl (C=O) groups excluding carboxylic acids is 1. The molecule has 0 aliphatic rings. The first-order valence-electron chi connectivity index (χ1n) is 7.03. The van der Waals surface area contributed by atoms with Gasteiger partial charge in [-0.2, -0.15) is 10.2 Å². The van der Waals surface area contributed by atoms with E-state index in [1.807, 2.05) is 30.3 Å². The van der Waals surface area contributed by atoms with Crippen LogP contribution in [0.4, 0.5) is 0 Å². The highest BCUT2D eigenvalue weighted by Gasteiger charge is 2.12. The Bertz CT molecular complexity index is 895. The number of halogens is 2. The van der Waals surface area contributed by atoms with Crippen LogP contribution >= 0.6 is 23.2 Å². The summed E-state index contributed by atoms with van der Waals surface area (Å²) in [6.07, 6.45) is 1.56. The lowest BCUT2D eigenvalue weighted by Crippen LogP contribution is -2.17. The molecule has 0 bridgehead atoms. The second-order valence-electron chi connectivity index (χ2n) is 4.90. The van der Waals surface area contributed by atoms with Crippen LogP contribution in [-0.2, 0) is 0 Å². The molecule has 2 aromatic carbocycles. The number of rotatable bonds is 4. The zero-order chi connectivity index (χ0) is 16.9. The predicted octanol–water partition coefficient (Wildman–Crippen LogP) is 3.32. The lowest BCUT2D eigenvalue weighted by molar-refractivity contribution is 0.0950. The Morgan fingerprint density at radius 2 is 1.88 bits per heavy atom. The van der Waals surface area contributed by atoms with Gasteiger partial charge in [0.05, 0.1) is 16.9 Å². The highest BCUT2D eigenvalue weighted by atomic mass is 35.5. The van der Waals surface area contributed by atoms with Gasteiger partial charge in [-0.15, -0.1) is 0 Å². The molecule has 1 heterocycles. The minimum atomic E-state index is -0.397. The fourth-order valence-electron chi connectivity index (χ4n) is 2.04. The van der Waals surface area contributed by atoms with Crippen molar-refractivity contribution in [3.63, 3.8) is 0 Å². The van der Waals surface area contributed by atoms with Crippen LogP contribution in [-0.4, -0.2) is 27.8 Å². The maximum atomic E-state index is 12.1. The Hall–Kier alpha value is -2.67. The number of amides is 1. The van der Waals surface area contributed by atoms with E-state index < -0.39 is 5.91 Å². The maximum Gasteiger partial charge on any atom is 0.289 e. The highest BCUT2D eigenvalue weighted by Crippen LogP contribution is 2.29. The molecular weight excluding hydrogens is 363 g/mol. The SMILES string of the molecule is O.O=C(N/N=C/c1ccccc1)c1cc(-c2ccc(Cl)cc2Cl)n[nH]1. The molecular formula is C17H14Cl2N4O2. The van der Waals surface area contributed by atoms with Crippen molar-refractivity contribution in [1.82, 2.24) is 15.6 Å². The van der Waals surface area contributed by atoms with Gasteiger partial charge in [-0.3, -0.25) is 9.89 Å². The van der Waals surface area contributed by atoms with Gasteiger partial charge in [0.15, 0.2) is 0 Å². The van der Waals surface area contributed by atoms with E-state index >= 15 is 0 Å². The number of H-pyrrole nitrogens is 1. The van der Waals surface area contributed by atoms with Gasteiger partial charge in [0.1, 0.15) is 5.69 Å². The van der Waals surface area contributed by atoms with Crippen molar-refractivity contribution in [3.05, 3.63) is 75.9 Å². The minimum Gasteiger partial charge on any atom is -0.412 e. The van der Waals surface area contributed by atoms with Crippen LogP contribution in [0.3, 0.4) is 0 Å². The Kier molecular flexibility index (Phi) is 6.30. The van der Waals surface area contributed by atoms with Crippen molar-refractivity contribution < 1.29 is 10.3 Å². The summed E-state index contributed by atoms with van der Waals surface area (Å²) in [6.45, 7) is 0. The first-order valence-corrected chi connectivity index (χ1v) is 7.78. The lowest BCUT2D eigenvalue weighted by Gasteiger charge is -2.00. The molecule has 3 aromatic rings. The first-order chi connectivity index (χ1) is 11.6. The maximum absolute atomic E-state index is 12.1. The van der Waals surface area contributed by atoms with Crippen molar-refractivity contribution in [2.75, 3.05) is 0 Å². The molecule has 1 amide bonds. The Labute approximate surface area is 153 Å². The number of nitrogens with one attached hydrogen (secondary N) is 2. The van der Waals surface area contributed by atoms with Crippen LogP contribution in [0.1, 0.15) is 16.1 Å². The number of hydrogen-bond donors (Lipinski definition) is 2. The summed E-state index contributed by atoms with van der Waals surface area (Å²) in [5.41, 5.74) is 4.84. The van der Waals surface area contributed by atoms with Crippen LogP contribution in [0.25, 0.3) is 11.3 Å². The summed E-state index contributed by atoms with van der Waals surface area (Å²) < 4.78 is 0. The summed E-state index contributed by atoms with van der Waals surface area (Å²) in [7, 11) is 0. The third-order valence-corrected chi connectivity index (χ3v) is 3.76. The van der Waals surface area contributed by atoms with Gasteiger partial charge in [0.2, 0.25) is 0 Å². The molecule has 0 spiro atoms. The van der Waals surface area contributed by atoms with E-state index in [9.17, 15) is 4.79 Å². The smallest absolute Gasteiger partial charge is 0.289 e. The first kappa shape index (κ1) is 18.7. The van der Waals surface area contributed by atoms with Crippen molar-refractivity contribution in [1.29, 1.82) is 0 Å². The molecule has 0 unspecified atom stereocenters. The van der Waals surface area contributed by atoms with E-state index in [0.717, 1.165) is 5.56 Å². The molecule has 128 valence electrons. The summed E-state index contributed by atoms with van der Waals surface area (Å²) in [5.74, 6) is -0.397. The molecule has 25 heavy (non-hydrogen) atoms. The molecule has 6 nitrogen and oxygen atoms in total. The monoisotopic (exact) mass is 376 g/mol. The fraction of sp³-hybridized carbons (Fsp3) is 0. The van der Waals surface area contributed by atoms with Gasteiger partial charge in [-0.25, -0.2) is 5.43 Å². The molecule has 3 rings (SSSR count). The molecule has 0 aliphatic carbocycles. The molecule has 0 fully saturated rings. The van der Waals surface area contributed by atoms with Gasteiger partial charge in [-0.05, 0) is 29.8 Å². The Morgan fingerprint density at radius 3 is 2.60 bits per heavy atom. The van der Waals surface area contributed by atoms with Crippen LogP contribution in [0, 0.1) is 0 Å². The summed E-state index contributed by atoms with van der Waals surface area (Å²) in [5, 5.41) is 11.7. The van der Waals surface area contributed by atoms with Gasteiger partial charge in [0.25, 0.3) is 5.91 Å². The molecule has 0 saturated heterocycles. The van der Waals surface area contributed by atoms with E-state index in [0.29, 0.717) is 21.3 Å². The molecule has 0 atom stereocenters. The van der Waals surface area contributed by atoms with Crippen molar-refractivity contribution >= 4 is 35.3 Å². The standard InChI is InChI=1S/C17H12Cl2N4O.H2O/c18-12-6-7-13(14(19)8-12)15-9-16(22-21-15)17(24)23-20-10-11-4-2-1-3-5-11;/h1-10H,(H,21,22)(H,23,24);1H2/b20-10+;. The third-order valence-electron chi connectivity index (χ3n) is 3.21. The largest absolute Gasteiger partial charge is 0.412 e. The summed E-state index contributed by atoms with van der Waals surface area (Å²) in [6, 6.07) is 16.1. The van der Waals surface area contributed by atoms with E-state index in [4.69, 9.17) is 23.2 Å². The number of hydrogen-bond acceptors (Lipinski definition) is 3. The number of nitrogens with zero attached hydrogens (tertiary/aromatic N) is 2. The Morgan fingerprint density at radius 1 is 1.12 bits per heavy atom.